The van der Waals surface area contributed by atoms with Crippen molar-refractivity contribution in [2.24, 2.45) is 0 Å². The lowest BCUT2D eigenvalue weighted by Gasteiger charge is -2.49. The molecular formula is C34H28N2O6S2. The van der Waals surface area contributed by atoms with E-state index in [1.807, 2.05) is 78.2 Å². The SMILES string of the molecule is O=C(Cc1cccs1)N[C@@H]1C(=O)N2C(C(=O)OC(c3ccccc3)c3ccccc3)=C(COC(=O)c3ccccc3)CS[C@H]12. The number of rotatable bonds is 10. The largest absolute Gasteiger partial charge is 0.457 e. The lowest BCUT2D eigenvalue weighted by atomic mass is 10.0. The number of thioether (sulfide) groups is 1. The average molecular weight is 625 g/mol. The van der Waals surface area contributed by atoms with E-state index in [9.17, 15) is 19.2 Å². The fraction of sp³-hybridized carbons (Fsp3) is 0.176. The van der Waals surface area contributed by atoms with Crippen molar-refractivity contribution in [3.8, 4) is 0 Å². The van der Waals surface area contributed by atoms with Crippen LogP contribution in [-0.4, -0.2) is 52.4 Å². The number of esters is 2. The Labute approximate surface area is 262 Å². The Morgan fingerprint density at radius 1 is 0.841 bits per heavy atom. The van der Waals surface area contributed by atoms with Crippen LogP contribution in [0.4, 0.5) is 0 Å². The number of carbonyl (C=O) groups is 4. The quantitative estimate of drug-likeness (QED) is 0.193. The van der Waals surface area contributed by atoms with Crippen molar-refractivity contribution in [1.82, 2.24) is 10.2 Å². The van der Waals surface area contributed by atoms with Crippen LogP contribution in [0.2, 0.25) is 0 Å². The number of thiophene rings is 1. The van der Waals surface area contributed by atoms with Gasteiger partial charge in [-0.2, -0.15) is 0 Å². The number of fused-ring (bicyclic) bond motifs is 1. The van der Waals surface area contributed by atoms with Crippen molar-refractivity contribution in [1.29, 1.82) is 0 Å². The average Bonchev–Trinajstić information content (AvgIpc) is 3.58. The van der Waals surface area contributed by atoms with Gasteiger partial charge in [0.15, 0.2) is 6.10 Å². The third-order valence-corrected chi connectivity index (χ3v) is 9.50. The van der Waals surface area contributed by atoms with E-state index < -0.39 is 35.4 Å². The Hall–Kier alpha value is -4.67. The topological polar surface area (TPSA) is 102 Å². The summed E-state index contributed by atoms with van der Waals surface area (Å²) in [7, 11) is 0. The predicted molar refractivity (Wildman–Crippen MR) is 168 cm³/mol. The van der Waals surface area contributed by atoms with E-state index in [1.165, 1.54) is 28.0 Å². The summed E-state index contributed by atoms with van der Waals surface area (Å²) in [5.41, 5.74) is 2.40. The highest BCUT2D eigenvalue weighted by Crippen LogP contribution is 2.42. The normalized spacial score (nSPS) is 17.5. The van der Waals surface area contributed by atoms with E-state index in [-0.39, 0.29) is 24.6 Å². The van der Waals surface area contributed by atoms with Crippen LogP contribution in [0, 0.1) is 0 Å². The molecule has 2 aliphatic rings. The van der Waals surface area contributed by atoms with Crippen LogP contribution < -0.4 is 5.32 Å². The van der Waals surface area contributed by atoms with E-state index in [2.05, 4.69) is 5.32 Å². The summed E-state index contributed by atoms with van der Waals surface area (Å²) in [4.78, 5) is 55.3. The van der Waals surface area contributed by atoms with Crippen molar-refractivity contribution in [3.05, 3.63) is 141 Å². The minimum atomic E-state index is -0.789. The van der Waals surface area contributed by atoms with Crippen LogP contribution in [-0.2, 0) is 30.3 Å². The van der Waals surface area contributed by atoms with Gasteiger partial charge < -0.3 is 14.8 Å². The zero-order chi connectivity index (χ0) is 30.5. The molecule has 1 aromatic heterocycles. The molecule has 6 rings (SSSR count). The summed E-state index contributed by atoms with van der Waals surface area (Å²) in [6, 6.07) is 30.2. The van der Waals surface area contributed by atoms with Gasteiger partial charge in [-0.25, -0.2) is 9.59 Å². The van der Waals surface area contributed by atoms with Crippen LogP contribution in [0.15, 0.2) is 120 Å². The molecule has 1 fully saturated rings. The molecule has 222 valence electrons. The Bertz CT molecular complexity index is 1640. The Morgan fingerprint density at radius 3 is 2.09 bits per heavy atom. The summed E-state index contributed by atoms with van der Waals surface area (Å²) < 4.78 is 11.7. The summed E-state index contributed by atoms with van der Waals surface area (Å²) in [5, 5.41) is 4.23. The molecule has 0 bridgehead atoms. The highest BCUT2D eigenvalue weighted by atomic mass is 32.2. The van der Waals surface area contributed by atoms with Gasteiger partial charge in [0.05, 0.1) is 12.0 Å². The Balaban J connectivity index is 1.27. The minimum Gasteiger partial charge on any atom is -0.457 e. The molecule has 8 nitrogen and oxygen atoms in total. The Kier molecular flexibility index (Phi) is 8.90. The molecular weight excluding hydrogens is 597 g/mol. The number of amides is 2. The van der Waals surface area contributed by atoms with Crippen LogP contribution in [0.25, 0.3) is 0 Å². The third kappa shape index (κ3) is 6.31. The van der Waals surface area contributed by atoms with Gasteiger partial charge in [0.25, 0.3) is 5.91 Å². The molecule has 10 heteroatoms. The van der Waals surface area contributed by atoms with Gasteiger partial charge in [-0.15, -0.1) is 23.1 Å². The van der Waals surface area contributed by atoms with Crippen molar-refractivity contribution < 1.29 is 28.7 Å². The summed E-state index contributed by atoms with van der Waals surface area (Å²) in [5.74, 6) is -1.64. The fourth-order valence-corrected chi connectivity index (χ4v) is 7.17. The van der Waals surface area contributed by atoms with Crippen LogP contribution >= 0.6 is 23.1 Å². The lowest BCUT2D eigenvalue weighted by molar-refractivity contribution is -0.154. The van der Waals surface area contributed by atoms with E-state index in [1.54, 1.807) is 30.3 Å². The van der Waals surface area contributed by atoms with E-state index in [0.29, 0.717) is 16.9 Å². The zero-order valence-corrected chi connectivity index (χ0v) is 25.1. The summed E-state index contributed by atoms with van der Waals surface area (Å²) in [6.45, 7) is -0.196. The van der Waals surface area contributed by atoms with Gasteiger partial charge in [0.2, 0.25) is 5.91 Å². The molecule has 0 unspecified atom stereocenters. The van der Waals surface area contributed by atoms with Gasteiger partial charge >= 0.3 is 11.9 Å². The number of β-lactam (4-membered cyclic amide) rings is 1. The molecule has 3 heterocycles. The number of hydrogen-bond donors (Lipinski definition) is 1. The second kappa shape index (κ2) is 13.3. The molecule has 0 radical (unpaired) electrons. The predicted octanol–water partition coefficient (Wildman–Crippen LogP) is 5.13. The molecule has 44 heavy (non-hydrogen) atoms. The molecule has 2 aliphatic heterocycles. The molecule has 1 saturated heterocycles. The first kappa shape index (κ1) is 29.4. The second-order valence-corrected chi connectivity index (χ2v) is 12.3. The van der Waals surface area contributed by atoms with Gasteiger partial charge in [0.1, 0.15) is 23.7 Å². The van der Waals surface area contributed by atoms with Crippen molar-refractivity contribution in [2.45, 2.75) is 23.9 Å². The molecule has 1 N–H and O–H groups in total. The summed E-state index contributed by atoms with van der Waals surface area (Å²) >= 11 is 2.87. The first-order valence-electron chi connectivity index (χ1n) is 14.0. The maximum Gasteiger partial charge on any atom is 0.356 e. The molecule has 0 spiro atoms. The van der Waals surface area contributed by atoms with Crippen LogP contribution in [0.1, 0.15) is 32.5 Å². The van der Waals surface area contributed by atoms with Gasteiger partial charge in [-0.1, -0.05) is 84.9 Å². The van der Waals surface area contributed by atoms with Gasteiger partial charge in [-0.3, -0.25) is 14.5 Å². The maximum absolute atomic E-state index is 14.0. The highest BCUT2D eigenvalue weighted by molar-refractivity contribution is 8.00. The molecule has 4 aromatic rings. The van der Waals surface area contributed by atoms with E-state index in [4.69, 9.17) is 9.47 Å². The number of nitrogens with one attached hydrogen (secondary N) is 1. The highest BCUT2D eigenvalue weighted by Gasteiger charge is 2.54. The maximum atomic E-state index is 14.0. The van der Waals surface area contributed by atoms with E-state index >= 15 is 0 Å². The van der Waals surface area contributed by atoms with Crippen molar-refractivity contribution >= 4 is 46.9 Å². The zero-order valence-electron chi connectivity index (χ0n) is 23.5. The molecule has 2 amide bonds. The Morgan fingerprint density at radius 2 is 1.48 bits per heavy atom. The molecule has 0 saturated carbocycles. The van der Waals surface area contributed by atoms with Crippen molar-refractivity contribution in [2.75, 3.05) is 12.4 Å². The molecule has 0 aliphatic carbocycles. The standard InChI is InChI=1S/C34H28N2O6S2/c37-27(19-26-17-10-18-43-26)35-28-31(38)36-29(25(21-44-32(28)36)20-41-33(39)24-15-8-3-9-16-24)34(40)42-30(22-11-4-1-5-12-22)23-13-6-2-7-14-23/h1-18,28,30,32H,19-21H2,(H,35,37)/t28-,32-/m1/s1. The first-order chi connectivity index (χ1) is 21.5. The van der Waals surface area contributed by atoms with Crippen molar-refractivity contribution in [3.63, 3.8) is 0 Å². The lowest BCUT2D eigenvalue weighted by Crippen LogP contribution is -2.70. The monoisotopic (exact) mass is 624 g/mol. The number of benzene rings is 3. The first-order valence-corrected chi connectivity index (χ1v) is 15.9. The van der Waals surface area contributed by atoms with Gasteiger partial charge in [-0.05, 0) is 34.7 Å². The third-order valence-electron chi connectivity index (χ3n) is 7.29. The number of ether oxygens (including phenoxy) is 2. The molecule has 2 atom stereocenters. The minimum absolute atomic E-state index is 0.0419. The van der Waals surface area contributed by atoms with E-state index in [0.717, 1.165) is 16.0 Å². The smallest absolute Gasteiger partial charge is 0.356 e. The van der Waals surface area contributed by atoms with Gasteiger partial charge in [0, 0.05) is 16.2 Å². The number of hydrogen-bond acceptors (Lipinski definition) is 8. The fourth-order valence-electron chi connectivity index (χ4n) is 5.14. The number of carbonyl (C=O) groups excluding carboxylic acids is 4. The second-order valence-electron chi connectivity index (χ2n) is 10.2. The van der Waals surface area contributed by atoms with Crippen LogP contribution in [0.3, 0.4) is 0 Å². The number of nitrogens with zero attached hydrogens (tertiary/aromatic N) is 1. The summed E-state index contributed by atoms with van der Waals surface area (Å²) in [6.07, 6.45) is -0.573. The molecule has 3 aromatic carbocycles. The van der Waals surface area contributed by atoms with Crippen LogP contribution in [0.5, 0.6) is 0 Å².